The van der Waals surface area contributed by atoms with Crippen molar-refractivity contribution in [2.24, 2.45) is 5.92 Å². The van der Waals surface area contributed by atoms with Gasteiger partial charge in [-0.1, -0.05) is 44.2 Å². The first-order valence-corrected chi connectivity index (χ1v) is 6.57. The van der Waals surface area contributed by atoms with E-state index in [0.29, 0.717) is 0 Å². The number of rotatable bonds is 5. The van der Waals surface area contributed by atoms with E-state index in [1.807, 2.05) is 30.3 Å². The van der Waals surface area contributed by atoms with Crippen LogP contribution >= 0.6 is 0 Å². The zero-order valence-corrected chi connectivity index (χ0v) is 11.2. The smallest absolute Gasteiger partial charge is 0.326 e. The summed E-state index contributed by atoms with van der Waals surface area (Å²) in [4.78, 5) is 23.5. The van der Waals surface area contributed by atoms with Crippen LogP contribution in [0.5, 0.6) is 0 Å². The predicted octanol–water partition coefficient (Wildman–Crippen LogP) is 1.94. The molecule has 0 heterocycles. The van der Waals surface area contributed by atoms with Crippen LogP contribution in [0, 0.1) is 5.92 Å². The summed E-state index contributed by atoms with van der Waals surface area (Å²) in [5, 5.41) is 11.8. The summed E-state index contributed by atoms with van der Waals surface area (Å²) in [6.07, 6.45) is 1.57. The molecule has 1 fully saturated rings. The van der Waals surface area contributed by atoms with Gasteiger partial charge in [0.2, 0.25) is 5.91 Å². The number of carboxylic acids is 1. The van der Waals surface area contributed by atoms with E-state index < -0.39 is 17.4 Å². The fraction of sp³-hybridized carbons (Fsp3) is 0.467. The molecule has 0 saturated heterocycles. The summed E-state index contributed by atoms with van der Waals surface area (Å²) in [6.45, 7) is 3.59. The van der Waals surface area contributed by atoms with E-state index in [1.54, 1.807) is 13.8 Å². The zero-order chi connectivity index (χ0) is 14.0. The van der Waals surface area contributed by atoms with Crippen LogP contribution in [0.3, 0.4) is 0 Å². The van der Waals surface area contributed by atoms with E-state index in [0.717, 1.165) is 18.4 Å². The molecule has 102 valence electrons. The first kappa shape index (κ1) is 13.6. The summed E-state index contributed by atoms with van der Waals surface area (Å²) >= 11 is 0. The van der Waals surface area contributed by atoms with Gasteiger partial charge in [0.15, 0.2) is 0 Å². The highest BCUT2D eigenvalue weighted by molar-refractivity contribution is 5.94. The van der Waals surface area contributed by atoms with Gasteiger partial charge in [0.05, 0.1) is 5.41 Å². The zero-order valence-electron chi connectivity index (χ0n) is 11.2. The van der Waals surface area contributed by atoms with Crippen LogP contribution in [0.4, 0.5) is 0 Å². The lowest BCUT2D eigenvalue weighted by molar-refractivity contribution is -0.143. The molecular formula is C15H19NO3. The van der Waals surface area contributed by atoms with Crippen molar-refractivity contribution in [3.8, 4) is 0 Å². The van der Waals surface area contributed by atoms with Crippen molar-refractivity contribution in [2.45, 2.75) is 38.1 Å². The second-order valence-corrected chi connectivity index (χ2v) is 5.48. The molecule has 0 radical (unpaired) electrons. The van der Waals surface area contributed by atoms with Gasteiger partial charge in [0.25, 0.3) is 0 Å². The van der Waals surface area contributed by atoms with Gasteiger partial charge in [-0.3, -0.25) is 4.79 Å². The maximum atomic E-state index is 12.4. The minimum atomic E-state index is -0.979. The molecule has 1 saturated carbocycles. The Morgan fingerprint density at radius 1 is 1.21 bits per heavy atom. The molecule has 1 amide bonds. The monoisotopic (exact) mass is 261 g/mol. The maximum absolute atomic E-state index is 12.4. The van der Waals surface area contributed by atoms with Gasteiger partial charge in [-0.25, -0.2) is 4.79 Å². The van der Waals surface area contributed by atoms with E-state index in [9.17, 15) is 9.59 Å². The first-order chi connectivity index (χ1) is 8.97. The van der Waals surface area contributed by atoms with E-state index in [-0.39, 0.29) is 11.8 Å². The van der Waals surface area contributed by atoms with Gasteiger partial charge >= 0.3 is 5.97 Å². The van der Waals surface area contributed by atoms with Gasteiger partial charge in [-0.2, -0.15) is 0 Å². The molecule has 0 spiro atoms. The van der Waals surface area contributed by atoms with Crippen LogP contribution in [0.1, 0.15) is 32.3 Å². The topological polar surface area (TPSA) is 66.4 Å². The van der Waals surface area contributed by atoms with Crippen LogP contribution in [0.2, 0.25) is 0 Å². The van der Waals surface area contributed by atoms with Crippen molar-refractivity contribution >= 4 is 11.9 Å². The molecule has 1 aromatic carbocycles. The van der Waals surface area contributed by atoms with E-state index in [1.165, 1.54) is 0 Å². The van der Waals surface area contributed by atoms with Crippen LogP contribution in [-0.4, -0.2) is 23.0 Å². The third-order valence-corrected chi connectivity index (χ3v) is 3.73. The lowest BCUT2D eigenvalue weighted by Crippen LogP contribution is -2.48. The number of amides is 1. The Hall–Kier alpha value is -1.84. The second-order valence-electron chi connectivity index (χ2n) is 5.48. The standard InChI is InChI=1S/C15H19NO3/c1-10(2)12(13(17)18)16-14(19)15(8-9-15)11-6-4-3-5-7-11/h3-7,10,12H,8-9H2,1-2H3,(H,16,19)(H,17,18)/t12-/m0/s1. The number of aliphatic carboxylic acids is 1. The molecule has 1 atom stereocenters. The van der Waals surface area contributed by atoms with Crippen molar-refractivity contribution in [3.63, 3.8) is 0 Å². The van der Waals surface area contributed by atoms with Crippen molar-refractivity contribution in [1.29, 1.82) is 0 Å². The Morgan fingerprint density at radius 3 is 2.21 bits per heavy atom. The summed E-state index contributed by atoms with van der Waals surface area (Å²) in [5.41, 5.74) is 0.463. The van der Waals surface area contributed by atoms with Crippen molar-refractivity contribution in [2.75, 3.05) is 0 Å². The summed E-state index contributed by atoms with van der Waals surface area (Å²) in [5.74, 6) is -1.28. The molecule has 0 bridgehead atoms. The number of carboxylic acid groups (broad SMARTS) is 1. The van der Waals surface area contributed by atoms with E-state index in [4.69, 9.17) is 5.11 Å². The maximum Gasteiger partial charge on any atom is 0.326 e. The minimum absolute atomic E-state index is 0.131. The Kier molecular flexibility index (Phi) is 3.60. The Balaban J connectivity index is 2.14. The molecule has 0 aromatic heterocycles. The van der Waals surface area contributed by atoms with Crippen LogP contribution < -0.4 is 5.32 Å². The minimum Gasteiger partial charge on any atom is -0.480 e. The fourth-order valence-electron chi connectivity index (χ4n) is 2.32. The van der Waals surface area contributed by atoms with Crippen LogP contribution in [0.25, 0.3) is 0 Å². The Labute approximate surface area is 112 Å². The van der Waals surface area contributed by atoms with Crippen LogP contribution in [-0.2, 0) is 15.0 Å². The van der Waals surface area contributed by atoms with Gasteiger partial charge in [0, 0.05) is 0 Å². The fourth-order valence-corrected chi connectivity index (χ4v) is 2.32. The number of hydrogen-bond acceptors (Lipinski definition) is 2. The molecule has 1 aliphatic carbocycles. The molecule has 0 unspecified atom stereocenters. The lowest BCUT2D eigenvalue weighted by atomic mass is 9.94. The summed E-state index contributed by atoms with van der Waals surface area (Å²) < 4.78 is 0. The number of carbonyl (C=O) groups excluding carboxylic acids is 1. The summed E-state index contributed by atoms with van der Waals surface area (Å²) in [7, 11) is 0. The predicted molar refractivity (Wildman–Crippen MR) is 71.8 cm³/mol. The Bertz CT molecular complexity index is 477. The van der Waals surface area contributed by atoms with E-state index in [2.05, 4.69) is 5.32 Å². The van der Waals surface area contributed by atoms with Gasteiger partial charge in [0.1, 0.15) is 6.04 Å². The molecule has 0 aliphatic heterocycles. The number of benzene rings is 1. The largest absolute Gasteiger partial charge is 0.480 e. The van der Waals surface area contributed by atoms with E-state index >= 15 is 0 Å². The highest BCUT2D eigenvalue weighted by atomic mass is 16.4. The number of nitrogens with one attached hydrogen (secondary N) is 1. The normalized spacial score (nSPS) is 17.8. The average Bonchev–Trinajstić information content (AvgIpc) is 3.17. The van der Waals surface area contributed by atoms with Gasteiger partial charge < -0.3 is 10.4 Å². The quantitative estimate of drug-likeness (QED) is 0.851. The highest BCUT2D eigenvalue weighted by Crippen LogP contribution is 2.48. The third kappa shape index (κ3) is 2.62. The van der Waals surface area contributed by atoms with Crippen molar-refractivity contribution < 1.29 is 14.7 Å². The molecule has 4 nitrogen and oxygen atoms in total. The highest BCUT2D eigenvalue weighted by Gasteiger charge is 2.51. The number of hydrogen-bond donors (Lipinski definition) is 2. The molecule has 4 heteroatoms. The second kappa shape index (κ2) is 5.03. The van der Waals surface area contributed by atoms with Gasteiger partial charge in [-0.05, 0) is 24.3 Å². The Morgan fingerprint density at radius 2 is 1.79 bits per heavy atom. The molecule has 1 aliphatic rings. The van der Waals surface area contributed by atoms with Crippen molar-refractivity contribution in [1.82, 2.24) is 5.32 Å². The molecular weight excluding hydrogens is 242 g/mol. The average molecular weight is 261 g/mol. The molecule has 2 N–H and O–H groups in total. The van der Waals surface area contributed by atoms with Crippen molar-refractivity contribution in [3.05, 3.63) is 35.9 Å². The molecule has 2 rings (SSSR count). The molecule has 19 heavy (non-hydrogen) atoms. The first-order valence-electron chi connectivity index (χ1n) is 6.57. The summed E-state index contributed by atoms with van der Waals surface area (Å²) in [6, 6.07) is 8.74. The number of carbonyl (C=O) groups is 2. The molecule has 1 aromatic rings. The third-order valence-electron chi connectivity index (χ3n) is 3.73. The van der Waals surface area contributed by atoms with Gasteiger partial charge in [-0.15, -0.1) is 0 Å². The SMILES string of the molecule is CC(C)[C@H](NC(=O)C1(c2ccccc2)CC1)C(=O)O. The lowest BCUT2D eigenvalue weighted by Gasteiger charge is -2.22. The van der Waals surface area contributed by atoms with Crippen LogP contribution in [0.15, 0.2) is 30.3 Å².